The topological polar surface area (TPSA) is 70.1 Å². The second-order valence-corrected chi connectivity index (χ2v) is 9.78. The lowest BCUT2D eigenvalue weighted by Gasteiger charge is -2.42. The summed E-state index contributed by atoms with van der Waals surface area (Å²) in [5.74, 6) is 1.19. The average Bonchev–Trinajstić information content (AvgIpc) is 3.18. The van der Waals surface area contributed by atoms with Crippen LogP contribution in [0, 0.1) is 11.3 Å². The molecule has 3 heterocycles. The van der Waals surface area contributed by atoms with Crippen LogP contribution in [0.2, 0.25) is 0 Å². The van der Waals surface area contributed by atoms with E-state index in [1.807, 2.05) is 0 Å². The second-order valence-electron chi connectivity index (χ2n) is 7.80. The van der Waals surface area contributed by atoms with E-state index in [9.17, 15) is 13.5 Å². The smallest absolute Gasteiger partial charge is 0.211 e. The van der Waals surface area contributed by atoms with Crippen molar-refractivity contribution in [3.05, 3.63) is 29.3 Å². The van der Waals surface area contributed by atoms with E-state index >= 15 is 0 Å². The Hall–Kier alpha value is -1.15. The van der Waals surface area contributed by atoms with Gasteiger partial charge < -0.3 is 9.84 Å². The zero-order valence-corrected chi connectivity index (χ0v) is 15.5. The Morgan fingerprint density at radius 2 is 2.20 bits per heavy atom. The molecule has 3 aliphatic heterocycles. The fourth-order valence-corrected chi connectivity index (χ4v) is 5.50. The molecule has 7 heteroatoms. The van der Waals surface area contributed by atoms with Crippen molar-refractivity contribution in [3.8, 4) is 5.75 Å². The molecule has 0 aromatic heterocycles. The number of hydrogen-bond donors (Lipinski definition) is 1. The first kappa shape index (κ1) is 17.3. The summed E-state index contributed by atoms with van der Waals surface area (Å²) >= 11 is 0. The van der Waals surface area contributed by atoms with Crippen LogP contribution in [0.1, 0.15) is 17.5 Å². The number of aliphatic hydroxyl groups excluding tert-OH is 1. The highest BCUT2D eigenvalue weighted by Crippen LogP contribution is 2.43. The summed E-state index contributed by atoms with van der Waals surface area (Å²) in [5, 5.41) is 9.96. The fourth-order valence-electron chi connectivity index (χ4n) is 4.55. The van der Waals surface area contributed by atoms with Gasteiger partial charge in [-0.2, -0.15) is 0 Å². The number of sulfonamides is 1. The molecule has 2 fully saturated rings. The van der Waals surface area contributed by atoms with E-state index in [1.165, 1.54) is 17.4 Å². The maximum atomic E-state index is 11.9. The van der Waals surface area contributed by atoms with Crippen molar-refractivity contribution in [2.24, 2.45) is 11.3 Å². The lowest BCUT2D eigenvalue weighted by atomic mass is 9.73. The molecule has 1 aromatic carbocycles. The van der Waals surface area contributed by atoms with Crippen LogP contribution in [0.4, 0.5) is 0 Å². The third kappa shape index (κ3) is 3.18. The number of hydrogen-bond acceptors (Lipinski definition) is 5. The van der Waals surface area contributed by atoms with Gasteiger partial charge in [-0.3, -0.25) is 4.90 Å². The van der Waals surface area contributed by atoms with Crippen LogP contribution in [0.5, 0.6) is 5.75 Å². The highest BCUT2D eigenvalue weighted by molar-refractivity contribution is 7.88. The number of nitrogens with zero attached hydrogens (tertiary/aromatic N) is 2. The van der Waals surface area contributed by atoms with Crippen LogP contribution in [0.3, 0.4) is 0 Å². The minimum Gasteiger partial charge on any atom is -0.493 e. The number of rotatable bonds is 4. The molecular weight excluding hydrogens is 340 g/mol. The molecule has 25 heavy (non-hydrogen) atoms. The molecule has 1 N–H and O–H groups in total. The third-order valence-corrected chi connectivity index (χ3v) is 7.35. The van der Waals surface area contributed by atoms with Gasteiger partial charge in [-0.05, 0) is 36.1 Å². The summed E-state index contributed by atoms with van der Waals surface area (Å²) in [6, 6.07) is 6.41. The highest BCUT2D eigenvalue weighted by Gasteiger charge is 2.51. The first-order valence-corrected chi connectivity index (χ1v) is 10.8. The lowest BCUT2D eigenvalue weighted by molar-refractivity contribution is 0.0170. The first-order valence-electron chi connectivity index (χ1n) is 8.93. The van der Waals surface area contributed by atoms with Gasteiger partial charge in [0.1, 0.15) is 5.75 Å². The quantitative estimate of drug-likeness (QED) is 0.849. The monoisotopic (exact) mass is 366 g/mol. The van der Waals surface area contributed by atoms with E-state index in [4.69, 9.17) is 4.74 Å². The standard InChI is InChI=1S/C18H26N2O4S/c1-25(22,23)20-11-16-10-19(6-5-18(16,12-20)13-21)9-14-2-3-17-15(8-14)4-7-24-17/h2-3,8,16,21H,4-7,9-13H2,1H3/t16-,18+/m1/s1. The van der Waals surface area contributed by atoms with Crippen molar-refractivity contribution in [1.29, 1.82) is 0 Å². The van der Waals surface area contributed by atoms with Crippen LogP contribution in [-0.4, -0.2) is 68.4 Å². The third-order valence-electron chi connectivity index (χ3n) is 6.13. The van der Waals surface area contributed by atoms with Crippen LogP contribution in [0.15, 0.2) is 18.2 Å². The Bertz CT molecular complexity index is 766. The van der Waals surface area contributed by atoms with Gasteiger partial charge in [-0.1, -0.05) is 12.1 Å². The van der Waals surface area contributed by atoms with Gasteiger partial charge in [0.2, 0.25) is 10.0 Å². The van der Waals surface area contributed by atoms with Crippen molar-refractivity contribution in [2.75, 3.05) is 45.6 Å². The minimum atomic E-state index is -3.20. The Kier molecular flexibility index (Phi) is 4.30. The molecule has 3 aliphatic rings. The summed E-state index contributed by atoms with van der Waals surface area (Å²) in [4.78, 5) is 2.39. The number of piperidine rings is 1. The molecule has 0 radical (unpaired) electrons. The van der Waals surface area contributed by atoms with Crippen molar-refractivity contribution in [3.63, 3.8) is 0 Å². The molecule has 0 bridgehead atoms. The number of fused-ring (bicyclic) bond motifs is 2. The normalized spacial score (nSPS) is 30.1. The maximum Gasteiger partial charge on any atom is 0.211 e. The summed E-state index contributed by atoms with van der Waals surface area (Å²) in [5.41, 5.74) is 2.28. The lowest BCUT2D eigenvalue weighted by Crippen LogP contribution is -2.48. The van der Waals surface area contributed by atoms with E-state index in [1.54, 1.807) is 4.31 Å². The summed E-state index contributed by atoms with van der Waals surface area (Å²) in [7, 11) is -3.20. The van der Waals surface area contributed by atoms with Gasteiger partial charge in [0.25, 0.3) is 0 Å². The Balaban J connectivity index is 1.47. The van der Waals surface area contributed by atoms with Crippen LogP contribution >= 0.6 is 0 Å². The molecule has 2 atom stereocenters. The molecule has 2 saturated heterocycles. The molecule has 4 rings (SSSR count). The molecule has 0 spiro atoms. The zero-order chi connectivity index (χ0) is 17.7. The second kappa shape index (κ2) is 6.23. The molecule has 0 saturated carbocycles. The van der Waals surface area contributed by atoms with Crippen LogP contribution in [0.25, 0.3) is 0 Å². The summed E-state index contributed by atoms with van der Waals surface area (Å²) < 4.78 is 31.0. The summed E-state index contributed by atoms with van der Waals surface area (Å²) in [6.07, 6.45) is 3.08. The maximum absolute atomic E-state index is 11.9. The van der Waals surface area contributed by atoms with Crippen molar-refractivity contribution in [1.82, 2.24) is 9.21 Å². The summed E-state index contributed by atoms with van der Waals surface area (Å²) in [6.45, 7) is 4.40. The molecule has 138 valence electrons. The predicted molar refractivity (Wildman–Crippen MR) is 95.0 cm³/mol. The molecule has 6 nitrogen and oxygen atoms in total. The van der Waals surface area contributed by atoms with Crippen LogP contribution < -0.4 is 4.74 Å². The number of aliphatic hydroxyl groups is 1. The minimum absolute atomic E-state index is 0.0632. The fraction of sp³-hybridized carbons (Fsp3) is 0.667. The predicted octanol–water partition coefficient (Wildman–Crippen LogP) is 0.697. The van der Waals surface area contributed by atoms with E-state index in [0.717, 1.165) is 44.8 Å². The number of benzene rings is 1. The van der Waals surface area contributed by atoms with Gasteiger partial charge in [0.15, 0.2) is 0 Å². The number of ether oxygens (including phenoxy) is 1. The van der Waals surface area contributed by atoms with Gasteiger partial charge in [0, 0.05) is 38.0 Å². The van der Waals surface area contributed by atoms with E-state index in [2.05, 4.69) is 23.1 Å². The van der Waals surface area contributed by atoms with Gasteiger partial charge in [-0.15, -0.1) is 0 Å². The molecule has 1 aromatic rings. The largest absolute Gasteiger partial charge is 0.493 e. The SMILES string of the molecule is CS(=O)(=O)N1C[C@H]2CN(Cc3ccc4c(c3)CCO4)CC[C@@]2(CO)C1. The van der Waals surface area contributed by atoms with E-state index in [-0.39, 0.29) is 17.9 Å². The Morgan fingerprint density at radius 3 is 2.96 bits per heavy atom. The van der Waals surface area contributed by atoms with Gasteiger partial charge in [-0.25, -0.2) is 12.7 Å². The van der Waals surface area contributed by atoms with Crippen molar-refractivity contribution in [2.45, 2.75) is 19.4 Å². The molecule has 0 aliphatic carbocycles. The van der Waals surface area contributed by atoms with E-state index in [0.29, 0.717) is 13.1 Å². The average molecular weight is 366 g/mol. The zero-order valence-electron chi connectivity index (χ0n) is 14.6. The van der Waals surface area contributed by atoms with Crippen molar-refractivity contribution >= 4 is 10.0 Å². The molecule has 0 amide bonds. The molecular formula is C18H26N2O4S. The van der Waals surface area contributed by atoms with Crippen LogP contribution in [-0.2, 0) is 23.0 Å². The van der Waals surface area contributed by atoms with Crippen molar-refractivity contribution < 1.29 is 18.3 Å². The highest BCUT2D eigenvalue weighted by atomic mass is 32.2. The van der Waals surface area contributed by atoms with Gasteiger partial charge in [0.05, 0.1) is 19.5 Å². The molecule has 0 unspecified atom stereocenters. The van der Waals surface area contributed by atoms with Gasteiger partial charge >= 0.3 is 0 Å². The Morgan fingerprint density at radius 1 is 1.36 bits per heavy atom. The van der Waals surface area contributed by atoms with E-state index < -0.39 is 10.0 Å². The Labute approximate surface area is 149 Å². The number of likely N-dealkylation sites (tertiary alicyclic amines) is 1. The first-order chi connectivity index (χ1) is 11.9.